The number of anilines is 1. The molecule has 3 rings (SSSR count). The third-order valence-electron chi connectivity index (χ3n) is 3.39. The van der Waals surface area contributed by atoms with Gasteiger partial charge in [0.25, 0.3) is 5.71 Å². The number of hydrogen-bond acceptors (Lipinski definition) is 6. The Bertz CT molecular complexity index is 532. The van der Waals surface area contributed by atoms with Crippen LogP contribution in [0.2, 0.25) is 0 Å². The summed E-state index contributed by atoms with van der Waals surface area (Å²) in [6, 6.07) is 0.637. The summed E-state index contributed by atoms with van der Waals surface area (Å²) in [5.41, 5.74) is 1.37. The van der Waals surface area contributed by atoms with Gasteiger partial charge in [0.15, 0.2) is 0 Å². The second kappa shape index (κ2) is 4.89. The van der Waals surface area contributed by atoms with Crippen LogP contribution < -0.4 is 10.6 Å². The van der Waals surface area contributed by atoms with Gasteiger partial charge >= 0.3 is 0 Å². The van der Waals surface area contributed by atoms with Crippen molar-refractivity contribution in [2.75, 3.05) is 18.4 Å². The SMILES string of the molecule is Cc1noc2ncnc(NCC[C@H]3CCCN3)c12. The minimum Gasteiger partial charge on any atom is -0.369 e. The van der Waals surface area contributed by atoms with Crippen molar-refractivity contribution in [1.82, 2.24) is 20.4 Å². The van der Waals surface area contributed by atoms with E-state index in [4.69, 9.17) is 4.52 Å². The van der Waals surface area contributed by atoms with Crippen molar-refractivity contribution in [2.24, 2.45) is 0 Å². The van der Waals surface area contributed by atoms with E-state index in [0.717, 1.165) is 36.4 Å². The lowest BCUT2D eigenvalue weighted by atomic mass is 10.1. The molecule has 1 saturated heterocycles. The van der Waals surface area contributed by atoms with Crippen LogP contribution in [0.3, 0.4) is 0 Å². The molecular formula is C12H17N5O. The summed E-state index contributed by atoms with van der Waals surface area (Å²) in [6.07, 6.45) is 5.17. The summed E-state index contributed by atoms with van der Waals surface area (Å²) in [5.74, 6) is 0.816. The van der Waals surface area contributed by atoms with E-state index in [1.54, 1.807) is 0 Å². The third-order valence-corrected chi connectivity index (χ3v) is 3.39. The van der Waals surface area contributed by atoms with Crippen LogP contribution in [-0.4, -0.2) is 34.3 Å². The van der Waals surface area contributed by atoms with Gasteiger partial charge in [-0.1, -0.05) is 5.16 Å². The van der Waals surface area contributed by atoms with Gasteiger partial charge in [-0.2, -0.15) is 4.98 Å². The summed E-state index contributed by atoms with van der Waals surface area (Å²) < 4.78 is 5.12. The molecule has 0 amide bonds. The van der Waals surface area contributed by atoms with E-state index in [1.807, 2.05) is 6.92 Å². The first kappa shape index (κ1) is 11.4. The minimum atomic E-state index is 0.545. The molecule has 3 heterocycles. The van der Waals surface area contributed by atoms with Crippen LogP contribution in [0, 0.1) is 6.92 Å². The van der Waals surface area contributed by atoms with Crippen LogP contribution in [0.25, 0.3) is 11.1 Å². The first-order valence-corrected chi connectivity index (χ1v) is 6.39. The molecule has 1 atom stereocenters. The largest absolute Gasteiger partial charge is 0.369 e. The van der Waals surface area contributed by atoms with Crippen LogP contribution in [0.5, 0.6) is 0 Å². The Morgan fingerprint density at radius 1 is 1.50 bits per heavy atom. The first-order valence-electron chi connectivity index (χ1n) is 6.39. The fraction of sp³-hybridized carbons (Fsp3) is 0.583. The van der Waals surface area contributed by atoms with Crippen LogP contribution in [0.15, 0.2) is 10.9 Å². The summed E-state index contributed by atoms with van der Waals surface area (Å²) in [5, 5.41) is 11.6. The van der Waals surface area contributed by atoms with Gasteiger partial charge in [-0.15, -0.1) is 0 Å². The Hall–Kier alpha value is -1.69. The highest BCUT2D eigenvalue weighted by molar-refractivity contribution is 5.87. The van der Waals surface area contributed by atoms with E-state index < -0.39 is 0 Å². The number of nitrogens with one attached hydrogen (secondary N) is 2. The highest BCUT2D eigenvalue weighted by Gasteiger charge is 2.15. The summed E-state index contributed by atoms with van der Waals surface area (Å²) in [6.45, 7) is 3.94. The van der Waals surface area contributed by atoms with E-state index in [9.17, 15) is 0 Å². The number of rotatable bonds is 4. The Morgan fingerprint density at radius 3 is 3.28 bits per heavy atom. The highest BCUT2D eigenvalue weighted by atomic mass is 16.5. The first-order chi connectivity index (χ1) is 8.84. The van der Waals surface area contributed by atoms with Gasteiger partial charge in [-0.05, 0) is 32.7 Å². The summed E-state index contributed by atoms with van der Waals surface area (Å²) in [4.78, 5) is 8.32. The van der Waals surface area contributed by atoms with Gasteiger partial charge in [0, 0.05) is 12.6 Å². The maximum atomic E-state index is 5.12. The van der Waals surface area contributed by atoms with Crippen molar-refractivity contribution in [3.63, 3.8) is 0 Å². The predicted molar refractivity (Wildman–Crippen MR) is 68.5 cm³/mol. The van der Waals surface area contributed by atoms with Crippen molar-refractivity contribution in [1.29, 1.82) is 0 Å². The van der Waals surface area contributed by atoms with Crippen molar-refractivity contribution in [3.8, 4) is 0 Å². The number of aryl methyl sites for hydroxylation is 1. The summed E-state index contributed by atoms with van der Waals surface area (Å²) >= 11 is 0. The zero-order chi connectivity index (χ0) is 12.4. The Kier molecular flexibility index (Phi) is 3.10. The van der Waals surface area contributed by atoms with Gasteiger partial charge in [0.2, 0.25) is 0 Å². The second-order valence-corrected chi connectivity index (χ2v) is 4.68. The predicted octanol–water partition coefficient (Wildman–Crippen LogP) is 1.48. The molecule has 96 valence electrons. The Labute approximate surface area is 105 Å². The number of hydrogen-bond donors (Lipinski definition) is 2. The normalized spacial score (nSPS) is 19.5. The smallest absolute Gasteiger partial charge is 0.263 e. The molecular weight excluding hydrogens is 230 g/mol. The van der Waals surface area contributed by atoms with Crippen molar-refractivity contribution < 1.29 is 4.52 Å². The molecule has 6 nitrogen and oxygen atoms in total. The van der Waals surface area contributed by atoms with Crippen molar-refractivity contribution in [3.05, 3.63) is 12.0 Å². The van der Waals surface area contributed by atoms with Crippen LogP contribution in [0.1, 0.15) is 25.0 Å². The maximum absolute atomic E-state index is 5.12. The lowest BCUT2D eigenvalue weighted by molar-refractivity contribution is 0.442. The second-order valence-electron chi connectivity index (χ2n) is 4.68. The van der Waals surface area contributed by atoms with Gasteiger partial charge in [-0.25, -0.2) is 4.98 Å². The molecule has 0 aliphatic carbocycles. The standard InChI is InChI=1S/C12H17N5O/c1-8-10-11(15-7-16-12(10)18-17-8)14-6-4-9-3-2-5-13-9/h7,9,13H,2-6H2,1H3,(H,14,15,16)/t9-/m1/s1. The average molecular weight is 247 g/mol. The summed E-state index contributed by atoms with van der Waals surface area (Å²) in [7, 11) is 0. The molecule has 0 saturated carbocycles. The van der Waals surface area contributed by atoms with E-state index in [0.29, 0.717) is 11.8 Å². The quantitative estimate of drug-likeness (QED) is 0.852. The van der Waals surface area contributed by atoms with E-state index in [1.165, 1.54) is 19.2 Å². The van der Waals surface area contributed by atoms with Gasteiger partial charge in [0.1, 0.15) is 17.5 Å². The molecule has 1 aliphatic rings. The Balaban J connectivity index is 1.68. The fourth-order valence-electron chi connectivity index (χ4n) is 2.42. The third kappa shape index (κ3) is 2.15. The number of nitrogens with zero attached hydrogens (tertiary/aromatic N) is 3. The molecule has 2 N–H and O–H groups in total. The fourth-order valence-corrected chi connectivity index (χ4v) is 2.42. The minimum absolute atomic E-state index is 0.545. The van der Waals surface area contributed by atoms with E-state index in [-0.39, 0.29) is 0 Å². The van der Waals surface area contributed by atoms with E-state index >= 15 is 0 Å². The molecule has 0 spiro atoms. The number of aromatic nitrogens is 3. The molecule has 6 heteroatoms. The molecule has 1 aliphatic heterocycles. The van der Waals surface area contributed by atoms with Gasteiger partial charge < -0.3 is 15.2 Å². The maximum Gasteiger partial charge on any atom is 0.263 e. The van der Waals surface area contributed by atoms with Crippen molar-refractivity contribution >= 4 is 16.9 Å². The molecule has 0 unspecified atom stereocenters. The Morgan fingerprint density at radius 2 is 2.44 bits per heavy atom. The molecule has 2 aromatic rings. The molecule has 2 aromatic heterocycles. The molecule has 0 aromatic carbocycles. The molecule has 18 heavy (non-hydrogen) atoms. The molecule has 0 bridgehead atoms. The molecule has 0 radical (unpaired) electrons. The topological polar surface area (TPSA) is 75.9 Å². The zero-order valence-corrected chi connectivity index (χ0v) is 10.4. The average Bonchev–Trinajstić information content (AvgIpc) is 3.00. The van der Waals surface area contributed by atoms with Crippen LogP contribution in [0.4, 0.5) is 5.82 Å². The zero-order valence-electron chi connectivity index (χ0n) is 10.4. The molecule has 1 fully saturated rings. The van der Waals surface area contributed by atoms with Crippen molar-refractivity contribution in [2.45, 2.75) is 32.2 Å². The van der Waals surface area contributed by atoms with E-state index in [2.05, 4.69) is 25.8 Å². The number of fused-ring (bicyclic) bond motifs is 1. The van der Waals surface area contributed by atoms with Crippen LogP contribution >= 0.6 is 0 Å². The highest BCUT2D eigenvalue weighted by Crippen LogP contribution is 2.22. The van der Waals surface area contributed by atoms with Crippen LogP contribution in [-0.2, 0) is 0 Å². The lowest BCUT2D eigenvalue weighted by Gasteiger charge is -2.11. The van der Waals surface area contributed by atoms with Gasteiger partial charge in [-0.3, -0.25) is 0 Å². The monoisotopic (exact) mass is 247 g/mol. The van der Waals surface area contributed by atoms with Gasteiger partial charge in [0.05, 0.1) is 5.69 Å². The lowest BCUT2D eigenvalue weighted by Crippen LogP contribution is -2.24.